The van der Waals surface area contributed by atoms with E-state index in [-0.39, 0.29) is 24.7 Å². The van der Waals surface area contributed by atoms with Crippen LogP contribution in [0.15, 0.2) is 29.3 Å². The molecule has 1 saturated heterocycles. The minimum absolute atomic E-state index is 0.0371. The first-order valence-electron chi connectivity index (χ1n) is 7.19. The summed E-state index contributed by atoms with van der Waals surface area (Å²) in [5.74, 6) is -2.38. The molecular formula is C15H11N5O4. The summed E-state index contributed by atoms with van der Waals surface area (Å²) in [6.45, 7) is 0.451. The van der Waals surface area contributed by atoms with E-state index >= 15 is 0 Å². The van der Waals surface area contributed by atoms with E-state index < -0.39 is 27.6 Å². The molecule has 1 spiro atoms. The first-order valence-corrected chi connectivity index (χ1v) is 7.19. The minimum Gasteiger partial charge on any atom is -0.386 e. The Morgan fingerprint density at radius 2 is 2.04 bits per heavy atom. The Morgan fingerprint density at radius 3 is 2.62 bits per heavy atom. The number of nitrogens with zero attached hydrogens (tertiary/aromatic N) is 4. The quantitative estimate of drug-likeness (QED) is 0.624. The van der Waals surface area contributed by atoms with Crippen LogP contribution in [0.3, 0.4) is 0 Å². The molecule has 9 nitrogen and oxygen atoms in total. The molecular weight excluding hydrogens is 314 g/mol. The Bertz CT molecular complexity index is 879. The van der Waals surface area contributed by atoms with Gasteiger partial charge >= 0.3 is 0 Å². The smallest absolute Gasteiger partial charge is 0.293 e. The largest absolute Gasteiger partial charge is 0.386 e. The molecule has 0 amide bonds. The van der Waals surface area contributed by atoms with Crippen LogP contribution in [-0.2, 0) is 9.47 Å². The molecule has 2 fully saturated rings. The van der Waals surface area contributed by atoms with Gasteiger partial charge in [-0.05, 0) is 5.56 Å². The Labute approximate surface area is 136 Å². The summed E-state index contributed by atoms with van der Waals surface area (Å²) < 4.78 is 11.2. The number of benzene rings is 1. The normalized spacial score (nSPS) is 34.9. The number of fused-ring (bicyclic) bond motifs is 2. The van der Waals surface area contributed by atoms with Gasteiger partial charge in [-0.3, -0.25) is 10.1 Å². The predicted octanol–water partition coefficient (Wildman–Crippen LogP) is 0.783. The highest BCUT2D eigenvalue weighted by molar-refractivity contribution is 6.00. The summed E-state index contributed by atoms with van der Waals surface area (Å²) in [7, 11) is 0. The number of aliphatic imine (C=N–C) groups is 1. The Morgan fingerprint density at radius 1 is 1.33 bits per heavy atom. The number of amidine groups is 1. The van der Waals surface area contributed by atoms with Crippen LogP contribution in [0.2, 0.25) is 0 Å². The first kappa shape index (κ1) is 14.6. The Kier molecular flexibility index (Phi) is 2.61. The average molecular weight is 325 g/mol. The molecule has 3 unspecified atom stereocenters. The average Bonchev–Trinajstić information content (AvgIpc) is 2.84. The summed E-state index contributed by atoms with van der Waals surface area (Å²) in [4.78, 5) is 14.6. The number of non-ortho nitro benzene ring substituents is 1. The van der Waals surface area contributed by atoms with Gasteiger partial charge in [0, 0.05) is 18.1 Å². The van der Waals surface area contributed by atoms with Gasteiger partial charge in [-0.1, -0.05) is 12.1 Å². The topological polar surface area (TPSA) is 148 Å². The molecule has 2 N–H and O–H groups in total. The minimum atomic E-state index is -1.63. The van der Waals surface area contributed by atoms with Gasteiger partial charge in [-0.15, -0.1) is 0 Å². The molecule has 0 radical (unpaired) electrons. The zero-order valence-corrected chi connectivity index (χ0v) is 12.3. The van der Waals surface area contributed by atoms with E-state index in [1.165, 1.54) is 18.2 Å². The highest BCUT2D eigenvalue weighted by Crippen LogP contribution is 2.82. The number of ether oxygens (including phenoxy) is 2. The van der Waals surface area contributed by atoms with Crippen molar-refractivity contribution in [1.29, 1.82) is 10.5 Å². The molecule has 1 aromatic carbocycles. The SMILES string of the molecule is N#CC12C(N)=NC3(OCCO3)C1(C#N)C2c1cccc([N+](=O)[O-])c1. The van der Waals surface area contributed by atoms with Crippen molar-refractivity contribution in [3.63, 3.8) is 0 Å². The van der Waals surface area contributed by atoms with Gasteiger partial charge in [0.25, 0.3) is 11.6 Å². The number of nitro benzene ring substituents is 1. The molecule has 2 aliphatic heterocycles. The highest BCUT2D eigenvalue weighted by atomic mass is 16.8. The third-order valence-corrected chi connectivity index (χ3v) is 5.02. The van der Waals surface area contributed by atoms with Gasteiger partial charge in [-0.2, -0.15) is 10.5 Å². The molecule has 3 atom stereocenters. The van der Waals surface area contributed by atoms with Crippen LogP contribution in [0.4, 0.5) is 5.69 Å². The van der Waals surface area contributed by atoms with E-state index in [9.17, 15) is 20.6 Å². The van der Waals surface area contributed by atoms with Crippen molar-refractivity contribution < 1.29 is 14.4 Å². The van der Waals surface area contributed by atoms with Crippen LogP contribution >= 0.6 is 0 Å². The number of nitrogens with two attached hydrogens (primary N) is 1. The summed E-state index contributed by atoms with van der Waals surface area (Å²) in [6, 6.07) is 10.1. The van der Waals surface area contributed by atoms with Gasteiger partial charge in [0.15, 0.2) is 5.41 Å². The van der Waals surface area contributed by atoms with Crippen LogP contribution in [0.5, 0.6) is 0 Å². The second kappa shape index (κ2) is 4.29. The van der Waals surface area contributed by atoms with E-state index in [4.69, 9.17) is 15.2 Å². The van der Waals surface area contributed by atoms with E-state index in [2.05, 4.69) is 17.1 Å². The molecule has 0 bridgehead atoms. The van der Waals surface area contributed by atoms with Gasteiger partial charge in [-0.25, -0.2) is 4.99 Å². The maximum absolute atomic E-state index is 11.0. The lowest BCUT2D eigenvalue weighted by atomic mass is 9.94. The Balaban J connectivity index is 1.91. The zero-order chi connectivity index (χ0) is 17.2. The van der Waals surface area contributed by atoms with Gasteiger partial charge in [0.2, 0.25) is 0 Å². The van der Waals surface area contributed by atoms with Crippen molar-refractivity contribution in [2.45, 2.75) is 11.8 Å². The van der Waals surface area contributed by atoms with Crippen molar-refractivity contribution in [3.05, 3.63) is 39.9 Å². The number of hydrogen-bond acceptors (Lipinski definition) is 8. The van der Waals surface area contributed by atoms with E-state index in [0.29, 0.717) is 5.56 Å². The number of nitriles is 2. The molecule has 24 heavy (non-hydrogen) atoms. The summed E-state index contributed by atoms with van der Waals surface area (Å²) in [5.41, 5.74) is 3.45. The maximum Gasteiger partial charge on any atom is 0.293 e. The number of rotatable bonds is 2. The molecule has 1 aliphatic carbocycles. The van der Waals surface area contributed by atoms with Crippen molar-refractivity contribution in [2.24, 2.45) is 21.6 Å². The van der Waals surface area contributed by atoms with Gasteiger partial charge < -0.3 is 15.2 Å². The van der Waals surface area contributed by atoms with Crippen molar-refractivity contribution in [3.8, 4) is 12.1 Å². The van der Waals surface area contributed by atoms with Gasteiger partial charge in [0.05, 0.1) is 30.3 Å². The number of nitro groups is 1. The molecule has 2 heterocycles. The monoisotopic (exact) mass is 325 g/mol. The van der Waals surface area contributed by atoms with E-state index in [0.717, 1.165) is 0 Å². The molecule has 120 valence electrons. The van der Waals surface area contributed by atoms with Crippen molar-refractivity contribution >= 4 is 11.5 Å². The second-order valence-electron chi connectivity index (χ2n) is 5.90. The fourth-order valence-electron chi connectivity index (χ4n) is 4.04. The van der Waals surface area contributed by atoms with Gasteiger partial charge in [0.1, 0.15) is 11.3 Å². The lowest BCUT2D eigenvalue weighted by molar-refractivity contribution is -0.384. The summed E-state index contributed by atoms with van der Waals surface area (Å²) in [5, 5.41) is 30.7. The van der Waals surface area contributed by atoms with E-state index in [1.807, 2.05) is 0 Å². The first-order chi connectivity index (χ1) is 11.5. The third-order valence-electron chi connectivity index (χ3n) is 5.02. The van der Waals surface area contributed by atoms with Crippen LogP contribution in [0.1, 0.15) is 11.5 Å². The van der Waals surface area contributed by atoms with Crippen LogP contribution in [0, 0.1) is 43.6 Å². The fourth-order valence-corrected chi connectivity index (χ4v) is 4.04. The lowest BCUT2D eigenvalue weighted by Gasteiger charge is -2.25. The molecule has 3 aliphatic rings. The molecule has 1 saturated carbocycles. The second-order valence-corrected chi connectivity index (χ2v) is 5.90. The zero-order valence-electron chi connectivity index (χ0n) is 12.3. The van der Waals surface area contributed by atoms with Crippen molar-refractivity contribution in [1.82, 2.24) is 0 Å². The third kappa shape index (κ3) is 1.29. The maximum atomic E-state index is 11.0. The molecule has 9 heteroatoms. The van der Waals surface area contributed by atoms with Crippen molar-refractivity contribution in [2.75, 3.05) is 13.2 Å². The predicted molar refractivity (Wildman–Crippen MR) is 78.2 cm³/mol. The summed E-state index contributed by atoms with van der Waals surface area (Å²) >= 11 is 0. The highest BCUT2D eigenvalue weighted by Gasteiger charge is 2.94. The standard InChI is InChI=1S/C15H11N5O4/c16-7-13-11(9-2-1-3-10(6-9)20(21)22)14(13,8-17)15(19-12(13)18)23-4-5-24-15/h1-3,6,11H,4-5H2,(H2,18,19). The fraction of sp³-hybridized carbons (Fsp3) is 0.400. The Hall–Kier alpha value is -3.01. The van der Waals surface area contributed by atoms with E-state index in [1.54, 1.807) is 6.07 Å². The van der Waals surface area contributed by atoms with Crippen LogP contribution < -0.4 is 5.73 Å². The number of hydrogen-bond donors (Lipinski definition) is 1. The van der Waals surface area contributed by atoms with Crippen LogP contribution in [0.25, 0.3) is 0 Å². The van der Waals surface area contributed by atoms with Crippen LogP contribution in [-0.4, -0.2) is 29.9 Å². The molecule has 4 rings (SSSR count). The molecule has 0 aromatic heterocycles. The summed E-state index contributed by atoms with van der Waals surface area (Å²) in [6.07, 6.45) is 0. The molecule has 1 aromatic rings. The lowest BCUT2D eigenvalue weighted by Crippen LogP contribution is -2.38.